The molecule has 5 nitrogen and oxygen atoms in total. The van der Waals surface area contributed by atoms with Gasteiger partial charge in [0.2, 0.25) is 0 Å². The van der Waals surface area contributed by atoms with E-state index in [1.807, 2.05) is 0 Å². The standard InChI is InChI=1S/C6H10N2O3/c1-7-6(10)11-4-2-3-8-5(4)9/h4H,2-3H2,1H3,(H,7,10)(H,8,9). The highest BCUT2D eigenvalue weighted by Gasteiger charge is 2.27. The van der Waals surface area contributed by atoms with E-state index >= 15 is 0 Å². The zero-order chi connectivity index (χ0) is 8.27. The molecule has 1 heterocycles. The first-order valence-corrected chi connectivity index (χ1v) is 3.40. The van der Waals surface area contributed by atoms with Crippen molar-refractivity contribution >= 4 is 12.0 Å². The van der Waals surface area contributed by atoms with Gasteiger partial charge in [-0.15, -0.1) is 0 Å². The Kier molecular flexibility index (Phi) is 2.30. The Balaban J connectivity index is 2.36. The summed E-state index contributed by atoms with van der Waals surface area (Å²) in [4.78, 5) is 21.4. The van der Waals surface area contributed by atoms with E-state index in [9.17, 15) is 9.59 Å². The number of hydrogen-bond acceptors (Lipinski definition) is 3. The Labute approximate surface area is 64.1 Å². The molecule has 11 heavy (non-hydrogen) atoms. The molecule has 0 aliphatic carbocycles. The predicted octanol–water partition coefficient (Wildman–Crippen LogP) is -0.769. The lowest BCUT2D eigenvalue weighted by atomic mass is 10.3. The van der Waals surface area contributed by atoms with Gasteiger partial charge in [-0.2, -0.15) is 0 Å². The summed E-state index contributed by atoms with van der Waals surface area (Å²) in [6, 6.07) is 0. The minimum atomic E-state index is -0.602. The van der Waals surface area contributed by atoms with Gasteiger partial charge in [-0.1, -0.05) is 0 Å². The van der Waals surface area contributed by atoms with E-state index in [-0.39, 0.29) is 5.91 Å². The summed E-state index contributed by atoms with van der Waals surface area (Å²) < 4.78 is 4.71. The van der Waals surface area contributed by atoms with Crippen LogP contribution in [0.5, 0.6) is 0 Å². The van der Waals surface area contributed by atoms with Crippen LogP contribution in [0, 0.1) is 0 Å². The Hall–Kier alpha value is -1.26. The van der Waals surface area contributed by atoms with Crippen molar-refractivity contribution in [3.63, 3.8) is 0 Å². The van der Waals surface area contributed by atoms with Gasteiger partial charge in [-0.25, -0.2) is 4.79 Å². The fraction of sp³-hybridized carbons (Fsp3) is 0.667. The van der Waals surface area contributed by atoms with Crippen LogP contribution in [0.4, 0.5) is 4.79 Å². The van der Waals surface area contributed by atoms with Crippen molar-refractivity contribution in [2.24, 2.45) is 0 Å². The molecule has 1 unspecified atom stereocenters. The van der Waals surface area contributed by atoms with Gasteiger partial charge in [0.25, 0.3) is 5.91 Å². The van der Waals surface area contributed by atoms with Crippen LogP contribution >= 0.6 is 0 Å². The maximum absolute atomic E-state index is 10.8. The van der Waals surface area contributed by atoms with Gasteiger partial charge in [-0.05, 0) is 0 Å². The second-order valence-corrected chi connectivity index (χ2v) is 2.22. The van der Waals surface area contributed by atoms with Crippen LogP contribution in [0.2, 0.25) is 0 Å². The number of hydrogen-bond donors (Lipinski definition) is 2. The molecule has 1 rings (SSSR count). The normalized spacial score (nSPS) is 22.6. The third kappa shape index (κ3) is 1.83. The summed E-state index contributed by atoms with van der Waals surface area (Å²) in [5, 5.41) is 4.83. The van der Waals surface area contributed by atoms with Gasteiger partial charge >= 0.3 is 6.09 Å². The molecule has 0 saturated carbocycles. The van der Waals surface area contributed by atoms with E-state index in [0.29, 0.717) is 13.0 Å². The molecule has 1 atom stereocenters. The lowest BCUT2D eigenvalue weighted by molar-refractivity contribution is -0.126. The summed E-state index contributed by atoms with van der Waals surface area (Å²) in [6.45, 7) is 0.584. The average molecular weight is 158 g/mol. The zero-order valence-corrected chi connectivity index (χ0v) is 6.22. The van der Waals surface area contributed by atoms with Crippen LogP contribution in [0.25, 0.3) is 0 Å². The Morgan fingerprint density at radius 1 is 1.82 bits per heavy atom. The molecule has 62 valence electrons. The van der Waals surface area contributed by atoms with Gasteiger partial charge in [-0.3, -0.25) is 4.79 Å². The summed E-state index contributed by atoms with van der Waals surface area (Å²) in [6.07, 6.45) is -0.603. The van der Waals surface area contributed by atoms with Crippen molar-refractivity contribution in [2.75, 3.05) is 13.6 Å². The number of rotatable bonds is 1. The van der Waals surface area contributed by atoms with Crippen LogP contribution in [0.3, 0.4) is 0 Å². The van der Waals surface area contributed by atoms with Crippen molar-refractivity contribution in [2.45, 2.75) is 12.5 Å². The van der Waals surface area contributed by atoms with E-state index in [2.05, 4.69) is 10.6 Å². The first kappa shape index (κ1) is 7.84. The second-order valence-electron chi connectivity index (χ2n) is 2.22. The van der Waals surface area contributed by atoms with Crippen molar-refractivity contribution in [1.29, 1.82) is 0 Å². The van der Waals surface area contributed by atoms with Gasteiger partial charge in [0, 0.05) is 20.0 Å². The number of ether oxygens (including phenoxy) is 1. The van der Waals surface area contributed by atoms with Gasteiger partial charge in [0.05, 0.1) is 0 Å². The molecule has 1 aliphatic heterocycles. The Bertz CT molecular complexity index is 181. The topological polar surface area (TPSA) is 67.4 Å². The highest BCUT2D eigenvalue weighted by Crippen LogP contribution is 2.04. The first-order valence-electron chi connectivity index (χ1n) is 3.40. The van der Waals surface area contributed by atoms with E-state index in [1.54, 1.807) is 0 Å². The molecule has 0 spiro atoms. The molecule has 2 N–H and O–H groups in total. The van der Waals surface area contributed by atoms with Gasteiger partial charge < -0.3 is 15.4 Å². The Morgan fingerprint density at radius 3 is 3.00 bits per heavy atom. The second kappa shape index (κ2) is 3.23. The number of amides is 2. The molecule has 2 amide bonds. The lowest BCUT2D eigenvalue weighted by Crippen LogP contribution is -2.31. The van der Waals surface area contributed by atoms with Crippen LogP contribution in [-0.4, -0.2) is 31.7 Å². The lowest BCUT2D eigenvalue weighted by Gasteiger charge is -2.07. The van der Waals surface area contributed by atoms with Crippen LogP contribution in [0.1, 0.15) is 6.42 Å². The van der Waals surface area contributed by atoms with Gasteiger partial charge in [0.1, 0.15) is 0 Å². The minimum absolute atomic E-state index is 0.214. The van der Waals surface area contributed by atoms with Crippen molar-refractivity contribution < 1.29 is 14.3 Å². The minimum Gasteiger partial charge on any atom is -0.436 e. The van der Waals surface area contributed by atoms with E-state index in [0.717, 1.165) is 0 Å². The molecule has 1 fully saturated rings. The molecule has 1 aliphatic rings. The molecular weight excluding hydrogens is 148 g/mol. The maximum Gasteiger partial charge on any atom is 0.407 e. The highest BCUT2D eigenvalue weighted by molar-refractivity contribution is 5.85. The van der Waals surface area contributed by atoms with E-state index in [1.165, 1.54) is 7.05 Å². The largest absolute Gasteiger partial charge is 0.436 e. The highest BCUT2D eigenvalue weighted by atomic mass is 16.6. The third-order valence-corrected chi connectivity index (χ3v) is 1.45. The zero-order valence-electron chi connectivity index (χ0n) is 6.22. The summed E-state index contributed by atoms with van der Waals surface area (Å²) >= 11 is 0. The molecule has 0 radical (unpaired) electrons. The van der Waals surface area contributed by atoms with Crippen molar-refractivity contribution in [3.8, 4) is 0 Å². The maximum atomic E-state index is 10.8. The molecule has 0 bridgehead atoms. The molecule has 0 aromatic carbocycles. The number of nitrogens with one attached hydrogen (secondary N) is 2. The van der Waals surface area contributed by atoms with E-state index in [4.69, 9.17) is 4.74 Å². The predicted molar refractivity (Wildman–Crippen MR) is 37.0 cm³/mol. The molecule has 5 heteroatoms. The van der Waals surface area contributed by atoms with Crippen molar-refractivity contribution in [1.82, 2.24) is 10.6 Å². The van der Waals surface area contributed by atoms with Crippen LogP contribution in [0.15, 0.2) is 0 Å². The van der Waals surface area contributed by atoms with Crippen molar-refractivity contribution in [3.05, 3.63) is 0 Å². The van der Waals surface area contributed by atoms with E-state index < -0.39 is 12.2 Å². The molecule has 0 aromatic heterocycles. The third-order valence-electron chi connectivity index (χ3n) is 1.45. The fourth-order valence-corrected chi connectivity index (χ4v) is 0.872. The first-order chi connectivity index (χ1) is 5.24. The quantitative estimate of drug-likeness (QED) is 0.526. The molecular formula is C6H10N2O3. The number of carbonyl (C=O) groups is 2. The summed E-state index contributed by atoms with van der Waals surface area (Å²) in [5.74, 6) is -0.214. The number of alkyl carbamates (subject to hydrolysis) is 1. The van der Waals surface area contributed by atoms with Gasteiger partial charge in [0.15, 0.2) is 6.10 Å². The molecule has 0 aromatic rings. The van der Waals surface area contributed by atoms with Crippen LogP contribution in [-0.2, 0) is 9.53 Å². The summed E-state index contributed by atoms with van der Waals surface area (Å²) in [5.41, 5.74) is 0. The summed E-state index contributed by atoms with van der Waals surface area (Å²) in [7, 11) is 1.45. The number of carbonyl (C=O) groups excluding carboxylic acids is 2. The monoisotopic (exact) mass is 158 g/mol. The Morgan fingerprint density at radius 2 is 2.55 bits per heavy atom. The molecule has 1 saturated heterocycles. The average Bonchev–Trinajstić information content (AvgIpc) is 2.37. The van der Waals surface area contributed by atoms with Crippen LogP contribution < -0.4 is 10.6 Å². The smallest absolute Gasteiger partial charge is 0.407 e. The fourth-order valence-electron chi connectivity index (χ4n) is 0.872. The SMILES string of the molecule is CNC(=O)OC1CCNC1=O.